The van der Waals surface area contributed by atoms with Crippen LogP contribution in [0.3, 0.4) is 0 Å². The van der Waals surface area contributed by atoms with Gasteiger partial charge in [-0.1, -0.05) is 6.07 Å². The van der Waals surface area contributed by atoms with Gasteiger partial charge in [-0.25, -0.2) is 4.79 Å². The number of benzene rings is 3. The van der Waals surface area contributed by atoms with E-state index < -0.39 is 11.6 Å². The molecule has 6 rings (SSSR count). The lowest BCUT2D eigenvalue weighted by molar-refractivity contribution is -0.120. The molecule has 3 aromatic carbocycles. The number of carbonyl (C=O) groups is 2. The van der Waals surface area contributed by atoms with Gasteiger partial charge in [-0.3, -0.25) is 4.79 Å². The van der Waals surface area contributed by atoms with Crippen LogP contribution < -0.4 is 10.1 Å². The second-order valence-corrected chi connectivity index (χ2v) is 9.14. The number of aromatic hydroxyl groups is 2. The highest BCUT2D eigenvalue weighted by Crippen LogP contribution is 2.57. The summed E-state index contributed by atoms with van der Waals surface area (Å²) in [4.78, 5) is 26.7. The van der Waals surface area contributed by atoms with Gasteiger partial charge in [0.15, 0.2) is 10.7 Å². The minimum atomic E-state index is -1.30. The maximum Gasteiger partial charge on any atom is 0.340 e. The molecule has 176 valence electrons. The first kappa shape index (κ1) is 21.4. The lowest BCUT2D eigenvalue weighted by Crippen LogP contribution is -2.41. The Kier molecular flexibility index (Phi) is 4.72. The van der Waals surface area contributed by atoms with Crippen molar-refractivity contribution in [3.05, 3.63) is 76.9 Å². The molecule has 0 atom stereocenters. The van der Waals surface area contributed by atoms with Gasteiger partial charge in [0.2, 0.25) is 0 Å². The van der Waals surface area contributed by atoms with Crippen molar-refractivity contribution in [2.45, 2.75) is 18.4 Å². The van der Waals surface area contributed by atoms with Crippen molar-refractivity contribution in [3.63, 3.8) is 0 Å². The summed E-state index contributed by atoms with van der Waals surface area (Å²) in [5, 5.41) is 23.7. The number of ether oxygens (including phenoxy) is 2. The number of piperidine rings is 1. The minimum absolute atomic E-state index is 0.000442. The second-order valence-electron chi connectivity index (χ2n) is 8.75. The van der Waals surface area contributed by atoms with Crippen molar-refractivity contribution in [3.8, 4) is 23.0 Å². The lowest BCUT2D eigenvalue weighted by Gasteiger charge is -2.36. The standard InChI is InChI=1S/C26H20N2O6S/c29-15-7-9-28(10-8-15)25(35)27-14-1-4-19-18(11-14)24(32)34-26(19)20-5-2-16(30)12-22(20)33-23-13-17(31)3-6-21(23)26/h1-6,11-13,30-31H,7-10H2,(H,27,35). The summed E-state index contributed by atoms with van der Waals surface area (Å²) in [7, 11) is 0. The number of phenols is 2. The number of fused-ring (bicyclic) bond motifs is 6. The van der Waals surface area contributed by atoms with E-state index in [0.29, 0.717) is 70.5 Å². The first-order chi connectivity index (χ1) is 16.8. The first-order valence-corrected chi connectivity index (χ1v) is 11.6. The number of carbonyl (C=O) groups excluding carboxylic acids is 2. The molecule has 9 heteroatoms. The summed E-state index contributed by atoms with van der Waals surface area (Å²) in [6.07, 6.45) is 0.930. The zero-order valence-corrected chi connectivity index (χ0v) is 19.2. The quantitative estimate of drug-likeness (QED) is 0.346. The zero-order chi connectivity index (χ0) is 24.3. The summed E-state index contributed by atoms with van der Waals surface area (Å²) in [6, 6.07) is 14.6. The number of thiocarbonyl (C=S) groups is 1. The average molecular weight is 489 g/mol. The molecule has 0 radical (unpaired) electrons. The number of anilines is 1. The Labute approximate surface area is 205 Å². The van der Waals surface area contributed by atoms with Crippen LogP contribution >= 0.6 is 12.2 Å². The number of Topliss-reactive ketones (excluding diaryl/α,β-unsaturated/α-hetero) is 1. The van der Waals surface area contributed by atoms with E-state index in [2.05, 4.69) is 5.32 Å². The molecular formula is C26H20N2O6S. The Morgan fingerprint density at radius 3 is 2.11 bits per heavy atom. The molecule has 0 aromatic heterocycles. The van der Waals surface area contributed by atoms with Gasteiger partial charge in [-0.15, -0.1) is 0 Å². The molecule has 1 saturated heterocycles. The number of nitrogens with one attached hydrogen (secondary N) is 1. The highest BCUT2D eigenvalue weighted by atomic mass is 32.1. The number of likely N-dealkylation sites (tertiary alicyclic amines) is 1. The third-order valence-electron chi connectivity index (χ3n) is 6.63. The Bertz CT molecular complexity index is 1370. The molecule has 3 heterocycles. The Balaban J connectivity index is 1.43. The number of hydrogen-bond acceptors (Lipinski definition) is 7. The van der Waals surface area contributed by atoms with E-state index in [1.807, 2.05) is 17.0 Å². The van der Waals surface area contributed by atoms with Crippen LogP contribution in [0.15, 0.2) is 54.6 Å². The number of hydrogen-bond donors (Lipinski definition) is 3. The molecule has 3 aliphatic rings. The van der Waals surface area contributed by atoms with Crippen molar-refractivity contribution in [2.24, 2.45) is 0 Å². The van der Waals surface area contributed by atoms with E-state index >= 15 is 0 Å². The van der Waals surface area contributed by atoms with Crippen LogP contribution in [0.1, 0.15) is 39.9 Å². The molecule has 0 amide bonds. The van der Waals surface area contributed by atoms with E-state index in [1.165, 1.54) is 24.3 Å². The summed E-state index contributed by atoms with van der Waals surface area (Å²) in [6.45, 7) is 1.13. The van der Waals surface area contributed by atoms with E-state index in [-0.39, 0.29) is 17.3 Å². The third-order valence-corrected chi connectivity index (χ3v) is 6.99. The number of ketones is 1. The van der Waals surface area contributed by atoms with Crippen LogP contribution in [0.4, 0.5) is 5.69 Å². The summed E-state index contributed by atoms with van der Waals surface area (Å²) < 4.78 is 12.0. The number of nitrogens with zero attached hydrogens (tertiary/aromatic N) is 1. The molecule has 0 bridgehead atoms. The van der Waals surface area contributed by atoms with Crippen molar-refractivity contribution >= 4 is 34.8 Å². The van der Waals surface area contributed by atoms with Gasteiger partial charge < -0.3 is 29.9 Å². The summed E-state index contributed by atoms with van der Waals surface area (Å²) in [5.74, 6) is 0.365. The largest absolute Gasteiger partial charge is 0.508 e. The predicted octanol–water partition coefficient (Wildman–Crippen LogP) is 4.03. The summed E-state index contributed by atoms with van der Waals surface area (Å²) >= 11 is 5.52. The predicted molar refractivity (Wildman–Crippen MR) is 130 cm³/mol. The van der Waals surface area contributed by atoms with E-state index in [4.69, 9.17) is 21.7 Å². The first-order valence-electron chi connectivity index (χ1n) is 11.2. The van der Waals surface area contributed by atoms with Crippen LogP contribution in [-0.2, 0) is 15.1 Å². The molecule has 3 aromatic rings. The Morgan fingerprint density at radius 2 is 1.49 bits per heavy atom. The van der Waals surface area contributed by atoms with Crippen LogP contribution in [0, 0.1) is 0 Å². The molecule has 35 heavy (non-hydrogen) atoms. The van der Waals surface area contributed by atoms with Gasteiger partial charge in [-0.05, 0) is 48.6 Å². The fraction of sp³-hybridized carbons (Fsp3) is 0.192. The highest BCUT2D eigenvalue weighted by molar-refractivity contribution is 7.80. The second kappa shape index (κ2) is 7.71. The molecule has 3 N–H and O–H groups in total. The van der Waals surface area contributed by atoms with Crippen LogP contribution in [0.2, 0.25) is 0 Å². The summed E-state index contributed by atoms with van der Waals surface area (Å²) in [5.41, 5.74) is 1.44. The third kappa shape index (κ3) is 3.30. The Hall–Kier alpha value is -4.11. The lowest BCUT2D eigenvalue weighted by atomic mass is 9.77. The molecular weight excluding hydrogens is 468 g/mol. The molecule has 0 unspecified atom stereocenters. The molecule has 1 spiro atoms. The SMILES string of the molecule is O=C1CCN(C(=S)Nc2ccc3c(c2)C(=O)OC32c3ccc(O)cc3Oc3cc(O)ccc32)CC1. The fourth-order valence-corrected chi connectivity index (χ4v) is 5.25. The van der Waals surface area contributed by atoms with Crippen LogP contribution in [-0.4, -0.2) is 45.1 Å². The zero-order valence-electron chi connectivity index (χ0n) is 18.4. The van der Waals surface area contributed by atoms with Crippen LogP contribution in [0.5, 0.6) is 23.0 Å². The van der Waals surface area contributed by atoms with Gasteiger partial charge in [0.25, 0.3) is 0 Å². The molecule has 8 nitrogen and oxygen atoms in total. The highest BCUT2D eigenvalue weighted by Gasteiger charge is 2.53. The topological polar surface area (TPSA) is 108 Å². The van der Waals surface area contributed by atoms with Crippen molar-refractivity contribution in [1.29, 1.82) is 0 Å². The molecule has 0 saturated carbocycles. The van der Waals surface area contributed by atoms with Crippen molar-refractivity contribution in [2.75, 3.05) is 18.4 Å². The number of rotatable bonds is 1. The van der Waals surface area contributed by atoms with E-state index in [9.17, 15) is 19.8 Å². The van der Waals surface area contributed by atoms with E-state index in [0.717, 1.165) is 0 Å². The maximum atomic E-state index is 13.2. The van der Waals surface area contributed by atoms with Crippen LogP contribution in [0.25, 0.3) is 0 Å². The molecule has 3 aliphatic heterocycles. The van der Waals surface area contributed by atoms with Gasteiger partial charge >= 0.3 is 5.97 Å². The number of esters is 1. The normalized spacial score (nSPS) is 17.2. The van der Waals surface area contributed by atoms with E-state index in [1.54, 1.807) is 18.2 Å². The van der Waals surface area contributed by atoms with Crippen molar-refractivity contribution < 1.29 is 29.3 Å². The Morgan fingerprint density at radius 1 is 0.886 bits per heavy atom. The molecule has 0 aliphatic carbocycles. The van der Waals surface area contributed by atoms with Gasteiger partial charge in [0.05, 0.1) is 5.56 Å². The smallest absolute Gasteiger partial charge is 0.340 e. The number of phenolic OH excluding ortho intramolecular Hbond substituents is 2. The fourth-order valence-electron chi connectivity index (χ4n) is 4.94. The molecule has 1 fully saturated rings. The monoisotopic (exact) mass is 488 g/mol. The van der Waals surface area contributed by atoms with Gasteiger partial charge in [-0.2, -0.15) is 0 Å². The van der Waals surface area contributed by atoms with Gasteiger partial charge in [0, 0.05) is 60.4 Å². The minimum Gasteiger partial charge on any atom is -0.508 e. The maximum absolute atomic E-state index is 13.2. The van der Waals surface area contributed by atoms with Crippen molar-refractivity contribution in [1.82, 2.24) is 4.90 Å². The average Bonchev–Trinajstić information content (AvgIpc) is 3.11. The van der Waals surface area contributed by atoms with Gasteiger partial charge in [0.1, 0.15) is 28.8 Å².